The van der Waals surface area contributed by atoms with Crippen molar-refractivity contribution in [2.75, 3.05) is 25.0 Å². The molecule has 6 heteroatoms. The van der Waals surface area contributed by atoms with E-state index in [0.29, 0.717) is 24.6 Å². The summed E-state index contributed by atoms with van der Waals surface area (Å²) in [6.45, 7) is 7.02. The zero-order valence-electron chi connectivity index (χ0n) is 15.8. The van der Waals surface area contributed by atoms with Crippen LogP contribution in [0.3, 0.4) is 0 Å². The molecule has 0 aromatic heterocycles. The van der Waals surface area contributed by atoms with Crippen molar-refractivity contribution in [3.05, 3.63) is 59.7 Å². The average Bonchev–Trinajstić information content (AvgIpc) is 3.19. The van der Waals surface area contributed by atoms with Crippen molar-refractivity contribution in [1.29, 1.82) is 0 Å². The number of rotatable bonds is 7. The molecule has 0 unspecified atom stereocenters. The number of guanidine groups is 1. The van der Waals surface area contributed by atoms with Crippen LogP contribution in [-0.2, 0) is 6.54 Å². The lowest BCUT2D eigenvalue weighted by atomic mass is 10.1. The van der Waals surface area contributed by atoms with Gasteiger partial charge in [0.15, 0.2) is 5.96 Å². The highest BCUT2D eigenvalue weighted by molar-refractivity contribution is 5.95. The van der Waals surface area contributed by atoms with Gasteiger partial charge in [0.2, 0.25) is 0 Å². The molecule has 0 saturated heterocycles. The minimum absolute atomic E-state index is 0.0999. The van der Waals surface area contributed by atoms with Crippen molar-refractivity contribution < 1.29 is 9.53 Å². The molecule has 0 atom stereocenters. The molecule has 3 rings (SSSR count). The number of nitrogens with zero attached hydrogens (tertiary/aromatic N) is 1. The zero-order chi connectivity index (χ0) is 19.1. The summed E-state index contributed by atoms with van der Waals surface area (Å²) in [5.74, 6) is 1.95. The van der Waals surface area contributed by atoms with Crippen molar-refractivity contribution in [1.82, 2.24) is 10.6 Å². The largest absolute Gasteiger partial charge is 0.493 e. The molecule has 0 spiro atoms. The van der Waals surface area contributed by atoms with Gasteiger partial charge in [-0.2, -0.15) is 0 Å². The summed E-state index contributed by atoms with van der Waals surface area (Å²) < 4.78 is 5.64. The summed E-state index contributed by atoms with van der Waals surface area (Å²) in [5, 5.41) is 9.33. The summed E-state index contributed by atoms with van der Waals surface area (Å²) in [6.07, 6.45) is 0. The van der Waals surface area contributed by atoms with Crippen molar-refractivity contribution >= 4 is 17.6 Å². The lowest BCUT2D eigenvalue weighted by molar-refractivity contribution is 0.0951. The number of carbonyl (C=O) groups is 1. The van der Waals surface area contributed by atoms with Gasteiger partial charge in [-0.1, -0.05) is 26.0 Å². The number of hydrogen-bond donors (Lipinski definition) is 3. The van der Waals surface area contributed by atoms with E-state index in [1.165, 1.54) is 0 Å². The van der Waals surface area contributed by atoms with E-state index in [2.05, 4.69) is 34.8 Å². The number of ether oxygens (including phenoxy) is 1. The number of nitrogens with one attached hydrogen (secondary N) is 3. The Morgan fingerprint density at radius 1 is 1.15 bits per heavy atom. The maximum Gasteiger partial charge on any atom is 0.251 e. The van der Waals surface area contributed by atoms with Crippen LogP contribution in [0, 0.1) is 5.92 Å². The van der Waals surface area contributed by atoms with Crippen LogP contribution in [0.25, 0.3) is 0 Å². The number of benzene rings is 2. The highest BCUT2D eigenvalue weighted by atomic mass is 16.5. The number of amides is 1. The minimum Gasteiger partial charge on any atom is -0.493 e. The molecule has 0 bridgehead atoms. The monoisotopic (exact) mass is 366 g/mol. The molecule has 3 N–H and O–H groups in total. The number of carbonyl (C=O) groups excluding carboxylic acids is 1. The van der Waals surface area contributed by atoms with Crippen LogP contribution in [0.1, 0.15) is 29.8 Å². The molecule has 2 aromatic carbocycles. The van der Waals surface area contributed by atoms with Crippen LogP contribution in [0.4, 0.5) is 5.69 Å². The topological polar surface area (TPSA) is 74.8 Å². The van der Waals surface area contributed by atoms with Gasteiger partial charge in [-0.3, -0.25) is 9.79 Å². The summed E-state index contributed by atoms with van der Waals surface area (Å²) in [6, 6.07) is 15.2. The van der Waals surface area contributed by atoms with E-state index >= 15 is 0 Å². The van der Waals surface area contributed by atoms with E-state index in [1.54, 1.807) is 12.1 Å². The lowest BCUT2D eigenvalue weighted by Crippen LogP contribution is -2.26. The van der Waals surface area contributed by atoms with Gasteiger partial charge >= 0.3 is 0 Å². The number of anilines is 1. The fourth-order valence-corrected chi connectivity index (χ4v) is 2.57. The molecule has 2 aromatic rings. The first-order chi connectivity index (χ1) is 13.1. The van der Waals surface area contributed by atoms with E-state index in [1.807, 2.05) is 36.4 Å². The Balaban J connectivity index is 1.48. The molecule has 0 aliphatic carbocycles. The summed E-state index contributed by atoms with van der Waals surface area (Å²) in [7, 11) is 0. The Hall–Kier alpha value is -3.02. The molecule has 0 radical (unpaired) electrons. The second-order valence-electron chi connectivity index (χ2n) is 6.89. The van der Waals surface area contributed by atoms with E-state index in [-0.39, 0.29) is 5.91 Å². The molecule has 1 heterocycles. The first-order valence-corrected chi connectivity index (χ1v) is 9.25. The maximum absolute atomic E-state index is 12.3. The van der Waals surface area contributed by atoms with Crippen LogP contribution in [0.15, 0.2) is 53.5 Å². The predicted octanol–water partition coefficient (Wildman–Crippen LogP) is 3.02. The van der Waals surface area contributed by atoms with Crippen molar-refractivity contribution in [3.8, 4) is 5.75 Å². The highest BCUT2D eigenvalue weighted by Crippen LogP contribution is 2.14. The van der Waals surface area contributed by atoms with Gasteiger partial charge in [0.25, 0.3) is 5.91 Å². The molecular formula is C21H26N4O2. The van der Waals surface area contributed by atoms with Crippen LogP contribution in [0.2, 0.25) is 0 Å². The van der Waals surface area contributed by atoms with Gasteiger partial charge in [0, 0.05) is 24.3 Å². The second-order valence-corrected chi connectivity index (χ2v) is 6.89. The summed E-state index contributed by atoms with van der Waals surface area (Å²) >= 11 is 0. The quantitative estimate of drug-likeness (QED) is 0.704. The standard InChI is InChI=1S/C21H26N4O2/c1-15(2)14-27-19-9-5-17(6-10-19)20(26)24-13-16-3-7-18(8-4-16)25-21-22-11-12-23-21/h3-10,15H,11-14H2,1-2H3,(H,24,26)(H2,22,23,25). The summed E-state index contributed by atoms with van der Waals surface area (Å²) in [5.41, 5.74) is 2.62. The SMILES string of the molecule is CC(C)COc1ccc(C(=O)NCc2ccc(NC3=NCCN3)cc2)cc1. The van der Waals surface area contributed by atoms with Crippen LogP contribution < -0.4 is 20.7 Å². The first kappa shape index (κ1) is 18.8. The third-order valence-electron chi connectivity index (χ3n) is 4.04. The Kier molecular flexibility index (Phi) is 6.30. The molecule has 1 amide bonds. The Morgan fingerprint density at radius 3 is 2.52 bits per heavy atom. The molecule has 0 fully saturated rings. The Labute approximate surface area is 160 Å². The number of hydrogen-bond acceptors (Lipinski definition) is 5. The second kappa shape index (κ2) is 9.07. The van der Waals surface area contributed by atoms with Crippen molar-refractivity contribution in [3.63, 3.8) is 0 Å². The van der Waals surface area contributed by atoms with Gasteiger partial charge in [0.1, 0.15) is 5.75 Å². The molecule has 6 nitrogen and oxygen atoms in total. The lowest BCUT2D eigenvalue weighted by Gasteiger charge is -2.10. The van der Waals surface area contributed by atoms with E-state index in [9.17, 15) is 4.79 Å². The number of aliphatic imine (C=N–C) groups is 1. The van der Waals surface area contributed by atoms with E-state index in [0.717, 1.165) is 36.0 Å². The van der Waals surface area contributed by atoms with Gasteiger partial charge in [0.05, 0.1) is 13.2 Å². The van der Waals surface area contributed by atoms with Crippen LogP contribution >= 0.6 is 0 Å². The van der Waals surface area contributed by atoms with Gasteiger partial charge in [-0.05, 0) is 47.9 Å². The Bertz CT molecular complexity index is 783. The fraction of sp³-hybridized carbons (Fsp3) is 0.333. The smallest absolute Gasteiger partial charge is 0.251 e. The van der Waals surface area contributed by atoms with Gasteiger partial charge in [-0.25, -0.2) is 0 Å². The minimum atomic E-state index is -0.0999. The van der Waals surface area contributed by atoms with Crippen molar-refractivity contribution in [2.45, 2.75) is 20.4 Å². The molecule has 142 valence electrons. The maximum atomic E-state index is 12.3. The van der Waals surface area contributed by atoms with Crippen LogP contribution in [-0.4, -0.2) is 31.6 Å². The zero-order valence-corrected chi connectivity index (χ0v) is 15.8. The van der Waals surface area contributed by atoms with Gasteiger partial charge < -0.3 is 20.7 Å². The molecular weight excluding hydrogens is 340 g/mol. The van der Waals surface area contributed by atoms with E-state index in [4.69, 9.17) is 4.74 Å². The molecule has 27 heavy (non-hydrogen) atoms. The average molecular weight is 366 g/mol. The van der Waals surface area contributed by atoms with Crippen molar-refractivity contribution in [2.24, 2.45) is 10.9 Å². The predicted molar refractivity (Wildman–Crippen MR) is 108 cm³/mol. The highest BCUT2D eigenvalue weighted by Gasteiger charge is 2.07. The fourth-order valence-electron chi connectivity index (χ4n) is 2.57. The third-order valence-corrected chi connectivity index (χ3v) is 4.04. The molecule has 1 aliphatic rings. The Morgan fingerprint density at radius 2 is 1.89 bits per heavy atom. The summed E-state index contributed by atoms with van der Waals surface area (Å²) in [4.78, 5) is 16.6. The molecule has 0 saturated carbocycles. The van der Waals surface area contributed by atoms with E-state index < -0.39 is 0 Å². The first-order valence-electron chi connectivity index (χ1n) is 9.25. The third kappa shape index (κ3) is 5.74. The van der Waals surface area contributed by atoms with Gasteiger partial charge in [-0.15, -0.1) is 0 Å². The molecule has 1 aliphatic heterocycles. The van der Waals surface area contributed by atoms with Crippen LogP contribution in [0.5, 0.6) is 5.75 Å². The normalized spacial score (nSPS) is 13.1.